The van der Waals surface area contributed by atoms with Crippen molar-refractivity contribution in [2.75, 3.05) is 0 Å². The van der Waals surface area contributed by atoms with E-state index in [2.05, 4.69) is 4.98 Å². The average molecular weight is 441 g/mol. The quantitative estimate of drug-likeness (QED) is 0.489. The fourth-order valence-electron chi connectivity index (χ4n) is 3.11. The van der Waals surface area contributed by atoms with Crippen LogP contribution in [0.25, 0.3) is 0 Å². The molecule has 0 atom stereocenters. The van der Waals surface area contributed by atoms with Crippen LogP contribution >= 0.6 is 11.3 Å². The van der Waals surface area contributed by atoms with Crippen LogP contribution in [0.3, 0.4) is 0 Å². The lowest BCUT2D eigenvalue weighted by molar-refractivity contribution is 0.00578. The Morgan fingerprint density at radius 3 is 2.23 bits per heavy atom. The van der Waals surface area contributed by atoms with Crippen LogP contribution < -0.4 is 14.9 Å². The van der Waals surface area contributed by atoms with Gasteiger partial charge in [0.1, 0.15) is 29.7 Å². The maximum atomic E-state index is 14.1. The van der Waals surface area contributed by atoms with E-state index >= 15 is 0 Å². The number of hydrogen-bond acceptors (Lipinski definition) is 6. The third-order valence-corrected chi connectivity index (χ3v) is 6.42. The zero-order chi connectivity index (χ0) is 22.2. The summed E-state index contributed by atoms with van der Waals surface area (Å²) in [5.41, 5.74) is 0.0971. The van der Waals surface area contributed by atoms with E-state index in [9.17, 15) is 4.39 Å². The molecule has 162 valence electrons. The van der Waals surface area contributed by atoms with Crippen molar-refractivity contribution in [1.82, 2.24) is 4.98 Å². The smallest absolute Gasteiger partial charge is 0.488 e. The van der Waals surface area contributed by atoms with Gasteiger partial charge < -0.3 is 18.8 Å². The van der Waals surface area contributed by atoms with Gasteiger partial charge in [-0.15, -0.1) is 11.3 Å². The van der Waals surface area contributed by atoms with E-state index in [0.717, 1.165) is 15.3 Å². The van der Waals surface area contributed by atoms with Crippen LogP contribution in [0, 0.1) is 12.7 Å². The molecule has 4 rings (SSSR count). The Morgan fingerprint density at radius 1 is 0.968 bits per heavy atom. The van der Waals surface area contributed by atoms with Gasteiger partial charge in [0.05, 0.1) is 21.1 Å². The van der Waals surface area contributed by atoms with Gasteiger partial charge in [-0.05, 0) is 52.2 Å². The van der Waals surface area contributed by atoms with Crippen molar-refractivity contribution in [3.05, 3.63) is 64.4 Å². The molecule has 8 heteroatoms. The summed E-state index contributed by atoms with van der Waals surface area (Å²) in [5.74, 6) is 0.908. The maximum Gasteiger partial charge on any atom is 0.494 e. The minimum Gasteiger partial charge on any atom is -0.488 e. The molecule has 0 radical (unpaired) electrons. The Kier molecular flexibility index (Phi) is 5.81. The molecule has 5 nitrogen and oxygen atoms in total. The summed E-state index contributed by atoms with van der Waals surface area (Å²) in [5, 5.41) is 0.964. The molecule has 1 aromatic heterocycles. The summed E-state index contributed by atoms with van der Waals surface area (Å²) >= 11 is 1.55. The Hall–Kier alpha value is -2.42. The molecule has 0 aliphatic carbocycles. The van der Waals surface area contributed by atoms with Crippen LogP contribution in [0.2, 0.25) is 0 Å². The van der Waals surface area contributed by atoms with Gasteiger partial charge in [-0.1, -0.05) is 12.1 Å². The van der Waals surface area contributed by atoms with Crippen LogP contribution in [0.15, 0.2) is 48.7 Å². The van der Waals surface area contributed by atoms with Gasteiger partial charge in [0.15, 0.2) is 0 Å². The van der Waals surface area contributed by atoms with E-state index in [4.69, 9.17) is 18.8 Å². The number of thiazole rings is 1. The van der Waals surface area contributed by atoms with Crippen molar-refractivity contribution in [2.45, 2.75) is 52.4 Å². The Labute approximate surface area is 186 Å². The first kappa shape index (κ1) is 21.8. The van der Waals surface area contributed by atoms with E-state index < -0.39 is 24.1 Å². The molecular weight excluding hydrogens is 416 g/mol. The lowest BCUT2D eigenvalue weighted by Crippen LogP contribution is -2.41. The van der Waals surface area contributed by atoms with Gasteiger partial charge >= 0.3 is 7.12 Å². The molecule has 1 saturated heterocycles. The number of ether oxygens (including phenoxy) is 2. The SMILES string of the molecule is Cc1ncc(COc2cc(F)cc(Oc3ccc(B4OC(C)(C)C(C)(C)O4)cc3)c2)s1. The third-order valence-electron chi connectivity index (χ3n) is 5.54. The predicted octanol–water partition coefficient (Wildman–Crippen LogP) is 5.26. The van der Waals surface area contributed by atoms with Gasteiger partial charge in [0.2, 0.25) is 0 Å². The maximum absolute atomic E-state index is 14.1. The van der Waals surface area contributed by atoms with Crippen molar-refractivity contribution < 1.29 is 23.2 Å². The molecule has 0 N–H and O–H groups in total. The second-order valence-electron chi connectivity index (χ2n) is 8.52. The van der Waals surface area contributed by atoms with Gasteiger partial charge in [-0.2, -0.15) is 0 Å². The van der Waals surface area contributed by atoms with Crippen LogP contribution in [-0.4, -0.2) is 23.3 Å². The first-order chi connectivity index (χ1) is 14.6. The second kappa shape index (κ2) is 8.26. The molecule has 1 aliphatic heterocycles. The number of hydrogen-bond donors (Lipinski definition) is 0. The monoisotopic (exact) mass is 441 g/mol. The number of halogens is 1. The standard InChI is InChI=1S/C23H25BFNO4S/c1-15-26-13-21(31-15)14-27-19-10-17(25)11-20(12-19)28-18-8-6-16(7-9-18)24-29-22(2,3)23(4,5)30-24/h6-13H,14H2,1-5H3. The first-order valence-corrected chi connectivity index (χ1v) is 10.9. The molecule has 2 aromatic carbocycles. The van der Waals surface area contributed by atoms with Crippen LogP contribution in [-0.2, 0) is 15.9 Å². The summed E-state index contributed by atoms with van der Waals surface area (Å²) < 4.78 is 37.8. The average Bonchev–Trinajstić information content (AvgIpc) is 3.19. The first-order valence-electron chi connectivity index (χ1n) is 10.1. The minimum atomic E-state index is -0.441. The van der Waals surface area contributed by atoms with E-state index in [-0.39, 0.29) is 0 Å². The van der Waals surface area contributed by atoms with Crippen LogP contribution in [0.4, 0.5) is 4.39 Å². The number of rotatable bonds is 6. The Bertz CT molecular complexity index is 1050. The van der Waals surface area contributed by atoms with E-state index in [1.165, 1.54) is 12.1 Å². The summed E-state index contributed by atoms with van der Waals surface area (Å²) in [6.07, 6.45) is 1.76. The lowest BCUT2D eigenvalue weighted by atomic mass is 9.79. The van der Waals surface area contributed by atoms with Gasteiger partial charge in [-0.3, -0.25) is 0 Å². The highest BCUT2D eigenvalue weighted by Crippen LogP contribution is 2.36. The zero-order valence-corrected chi connectivity index (χ0v) is 19.1. The van der Waals surface area contributed by atoms with Gasteiger partial charge in [0, 0.05) is 24.4 Å². The summed E-state index contributed by atoms with van der Waals surface area (Å²) in [7, 11) is -0.441. The van der Waals surface area contributed by atoms with Crippen molar-refractivity contribution in [2.24, 2.45) is 0 Å². The summed E-state index contributed by atoms with van der Waals surface area (Å²) in [6, 6.07) is 11.7. The fraction of sp³-hybridized carbons (Fsp3) is 0.348. The van der Waals surface area contributed by atoms with E-state index in [1.54, 1.807) is 23.6 Å². The molecule has 0 bridgehead atoms. The van der Waals surface area contributed by atoms with Crippen molar-refractivity contribution in [3.8, 4) is 17.2 Å². The fourth-order valence-corrected chi connectivity index (χ4v) is 3.82. The van der Waals surface area contributed by atoms with E-state index in [0.29, 0.717) is 23.9 Å². The van der Waals surface area contributed by atoms with Crippen LogP contribution in [0.5, 0.6) is 17.2 Å². The zero-order valence-electron chi connectivity index (χ0n) is 18.3. The van der Waals surface area contributed by atoms with Crippen molar-refractivity contribution in [1.29, 1.82) is 0 Å². The summed E-state index contributed by atoms with van der Waals surface area (Å²) in [4.78, 5) is 5.17. The number of aryl methyl sites for hydroxylation is 1. The molecule has 31 heavy (non-hydrogen) atoms. The summed E-state index contributed by atoms with van der Waals surface area (Å²) in [6.45, 7) is 10.3. The second-order valence-corrected chi connectivity index (χ2v) is 9.84. The van der Waals surface area contributed by atoms with Crippen molar-refractivity contribution >= 4 is 23.9 Å². The highest BCUT2D eigenvalue weighted by atomic mass is 32.1. The van der Waals surface area contributed by atoms with E-state index in [1.807, 2.05) is 58.9 Å². The number of nitrogens with zero attached hydrogens (tertiary/aromatic N) is 1. The van der Waals surface area contributed by atoms with Crippen molar-refractivity contribution in [3.63, 3.8) is 0 Å². The molecule has 0 spiro atoms. The molecule has 0 unspecified atom stereocenters. The van der Waals surface area contributed by atoms with Gasteiger partial charge in [-0.25, -0.2) is 9.37 Å². The number of aromatic nitrogens is 1. The van der Waals surface area contributed by atoms with Crippen LogP contribution in [0.1, 0.15) is 37.6 Å². The third kappa shape index (κ3) is 4.92. The molecular formula is C23H25BFNO4S. The highest BCUT2D eigenvalue weighted by molar-refractivity contribution is 7.11. The van der Waals surface area contributed by atoms with Gasteiger partial charge in [0.25, 0.3) is 0 Å². The largest absolute Gasteiger partial charge is 0.494 e. The molecule has 1 aliphatic rings. The lowest BCUT2D eigenvalue weighted by Gasteiger charge is -2.32. The predicted molar refractivity (Wildman–Crippen MR) is 120 cm³/mol. The minimum absolute atomic E-state index is 0.331. The Morgan fingerprint density at radius 2 is 1.61 bits per heavy atom. The highest BCUT2D eigenvalue weighted by Gasteiger charge is 2.51. The molecule has 1 fully saturated rings. The molecule has 2 heterocycles. The normalized spacial score (nSPS) is 17.0. The number of benzene rings is 2. The topological polar surface area (TPSA) is 49.8 Å². The Balaban J connectivity index is 1.43. The molecule has 3 aromatic rings. The molecule has 0 amide bonds. The molecule has 0 saturated carbocycles.